The van der Waals surface area contributed by atoms with Crippen LogP contribution in [-0.4, -0.2) is 26.8 Å². The van der Waals surface area contributed by atoms with Gasteiger partial charge in [0.25, 0.3) is 0 Å². The minimum absolute atomic E-state index is 0.570. The topological polar surface area (TPSA) is 49.4 Å². The van der Waals surface area contributed by atoms with Crippen molar-refractivity contribution < 1.29 is 8.42 Å². The maximum atomic E-state index is 11.5. The summed E-state index contributed by atoms with van der Waals surface area (Å²) in [7, 11) is -0.443. The zero-order valence-corrected chi connectivity index (χ0v) is 11.0. The summed E-state index contributed by atoms with van der Waals surface area (Å²) in [5.74, 6) is 0. The molecule has 1 rings (SSSR count). The van der Waals surface area contributed by atoms with E-state index in [-0.39, 0.29) is 0 Å². The molecule has 0 heterocycles. The van der Waals surface area contributed by atoms with Crippen molar-refractivity contribution >= 4 is 31.8 Å². The third-order valence-corrected chi connectivity index (χ3v) is 3.91. The Kier molecular flexibility index (Phi) is 4.12. The Labute approximate surface area is 98.6 Å². The van der Waals surface area contributed by atoms with E-state index in [9.17, 15) is 8.42 Å². The molecule has 0 amide bonds. The Morgan fingerprint density at radius 3 is 2.60 bits per heavy atom. The van der Waals surface area contributed by atoms with Gasteiger partial charge in [0, 0.05) is 19.4 Å². The fourth-order valence-electron chi connectivity index (χ4n) is 0.958. The molecule has 1 aromatic rings. The van der Waals surface area contributed by atoms with Gasteiger partial charge in [-0.1, -0.05) is 28.1 Å². The summed E-state index contributed by atoms with van der Waals surface area (Å²) < 4.78 is 26.6. The maximum absolute atomic E-state index is 11.5. The predicted octanol–water partition coefficient (Wildman–Crippen LogP) is 1.80. The van der Waals surface area contributed by atoms with Gasteiger partial charge in [-0.2, -0.15) is 12.7 Å². The van der Waals surface area contributed by atoms with E-state index in [1.54, 1.807) is 12.1 Å². The molecule has 0 spiro atoms. The molecule has 0 fully saturated rings. The van der Waals surface area contributed by atoms with Gasteiger partial charge in [-0.05, 0) is 17.7 Å². The first-order valence-corrected chi connectivity index (χ1v) is 6.87. The third kappa shape index (κ3) is 3.48. The quantitative estimate of drug-likeness (QED) is 0.861. The van der Waals surface area contributed by atoms with Crippen molar-refractivity contribution in [3.05, 3.63) is 29.8 Å². The van der Waals surface area contributed by atoms with Gasteiger partial charge in [-0.3, -0.25) is 4.72 Å². The zero-order valence-electron chi connectivity index (χ0n) is 8.57. The number of anilines is 1. The SMILES string of the molecule is CN(C)S(=O)(=O)Nc1cccc(CBr)c1. The number of benzene rings is 1. The highest BCUT2D eigenvalue weighted by atomic mass is 79.9. The number of rotatable bonds is 4. The van der Waals surface area contributed by atoms with E-state index in [1.165, 1.54) is 14.1 Å². The van der Waals surface area contributed by atoms with Crippen LogP contribution in [0.4, 0.5) is 5.69 Å². The lowest BCUT2D eigenvalue weighted by Gasteiger charge is -2.13. The van der Waals surface area contributed by atoms with Crippen LogP contribution in [-0.2, 0) is 15.5 Å². The van der Waals surface area contributed by atoms with E-state index >= 15 is 0 Å². The van der Waals surface area contributed by atoms with Crippen LogP contribution < -0.4 is 4.72 Å². The van der Waals surface area contributed by atoms with Crippen molar-refractivity contribution in [1.29, 1.82) is 0 Å². The summed E-state index contributed by atoms with van der Waals surface area (Å²) in [6, 6.07) is 7.23. The lowest BCUT2D eigenvalue weighted by atomic mass is 10.2. The molecule has 0 atom stereocenters. The first-order valence-electron chi connectivity index (χ1n) is 4.31. The van der Waals surface area contributed by atoms with Gasteiger partial charge in [0.05, 0.1) is 5.69 Å². The van der Waals surface area contributed by atoms with Gasteiger partial charge in [-0.25, -0.2) is 0 Å². The number of nitrogens with zero attached hydrogens (tertiary/aromatic N) is 1. The summed E-state index contributed by atoms with van der Waals surface area (Å²) in [5.41, 5.74) is 1.59. The van der Waals surface area contributed by atoms with Crippen LogP contribution in [0.1, 0.15) is 5.56 Å². The largest absolute Gasteiger partial charge is 0.301 e. The van der Waals surface area contributed by atoms with E-state index in [2.05, 4.69) is 20.7 Å². The van der Waals surface area contributed by atoms with Gasteiger partial charge < -0.3 is 0 Å². The normalized spacial score (nSPS) is 11.7. The number of hydrogen-bond donors (Lipinski definition) is 1. The molecule has 0 saturated carbocycles. The van der Waals surface area contributed by atoms with Crippen molar-refractivity contribution in [1.82, 2.24) is 4.31 Å². The van der Waals surface area contributed by atoms with E-state index in [1.807, 2.05) is 12.1 Å². The first-order chi connectivity index (χ1) is 6.95. The highest BCUT2D eigenvalue weighted by Gasteiger charge is 2.12. The smallest absolute Gasteiger partial charge is 0.271 e. The van der Waals surface area contributed by atoms with Crippen LogP contribution >= 0.6 is 15.9 Å². The van der Waals surface area contributed by atoms with Crippen LogP contribution in [0.3, 0.4) is 0 Å². The van der Waals surface area contributed by atoms with Crippen LogP contribution in [0.2, 0.25) is 0 Å². The number of halogens is 1. The molecule has 84 valence electrons. The minimum atomic E-state index is -3.41. The molecule has 0 radical (unpaired) electrons. The Balaban J connectivity index is 2.90. The number of nitrogens with one attached hydrogen (secondary N) is 1. The molecule has 0 aromatic heterocycles. The van der Waals surface area contributed by atoms with Crippen molar-refractivity contribution in [3.63, 3.8) is 0 Å². The van der Waals surface area contributed by atoms with Crippen LogP contribution in [0.15, 0.2) is 24.3 Å². The third-order valence-electron chi connectivity index (χ3n) is 1.81. The van der Waals surface area contributed by atoms with Crippen molar-refractivity contribution in [2.24, 2.45) is 0 Å². The van der Waals surface area contributed by atoms with Crippen molar-refractivity contribution in [2.45, 2.75) is 5.33 Å². The number of alkyl halides is 1. The molecule has 0 saturated heterocycles. The van der Waals surface area contributed by atoms with E-state index in [0.29, 0.717) is 11.0 Å². The highest BCUT2D eigenvalue weighted by Crippen LogP contribution is 2.14. The predicted molar refractivity (Wildman–Crippen MR) is 65.3 cm³/mol. The van der Waals surface area contributed by atoms with E-state index in [0.717, 1.165) is 9.87 Å². The lowest BCUT2D eigenvalue weighted by molar-refractivity contribution is 0.527. The molecule has 0 unspecified atom stereocenters. The molecule has 15 heavy (non-hydrogen) atoms. The van der Waals surface area contributed by atoms with Crippen LogP contribution in [0.5, 0.6) is 0 Å². The van der Waals surface area contributed by atoms with Gasteiger partial charge in [0.15, 0.2) is 0 Å². The fourth-order valence-corrected chi connectivity index (χ4v) is 1.91. The van der Waals surface area contributed by atoms with Gasteiger partial charge in [-0.15, -0.1) is 0 Å². The van der Waals surface area contributed by atoms with E-state index < -0.39 is 10.2 Å². The van der Waals surface area contributed by atoms with Crippen LogP contribution in [0.25, 0.3) is 0 Å². The monoisotopic (exact) mass is 292 g/mol. The average Bonchev–Trinajstić information content (AvgIpc) is 2.17. The van der Waals surface area contributed by atoms with Crippen molar-refractivity contribution in [3.8, 4) is 0 Å². The van der Waals surface area contributed by atoms with Gasteiger partial charge in [0.1, 0.15) is 0 Å². The summed E-state index contributed by atoms with van der Waals surface area (Å²) in [4.78, 5) is 0. The number of hydrogen-bond acceptors (Lipinski definition) is 2. The van der Waals surface area contributed by atoms with Gasteiger partial charge in [0.2, 0.25) is 0 Å². The summed E-state index contributed by atoms with van der Waals surface area (Å²) in [5, 5.41) is 0.699. The van der Waals surface area contributed by atoms with Crippen molar-refractivity contribution in [2.75, 3.05) is 18.8 Å². The molecule has 0 aliphatic rings. The van der Waals surface area contributed by atoms with Crippen LogP contribution in [0, 0.1) is 0 Å². The Bertz CT molecular complexity index is 431. The molecule has 0 bridgehead atoms. The Hall–Kier alpha value is -0.590. The second kappa shape index (κ2) is 4.96. The molecular weight excluding hydrogens is 280 g/mol. The summed E-state index contributed by atoms with van der Waals surface area (Å²) in [6.45, 7) is 0. The van der Waals surface area contributed by atoms with Gasteiger partial charge >= 0.3 is 10.2 Å². The summed E-state index contributed by atoms with van der Waals surface area (Å²) >= 11 is 3.31. The maximum Gasteiger partial charge on any atom is 0.301 e. The first kappa shape index (κ1) is 12.5. The molecule has 0 aliphatic heterocycles. The second-order valence-corrected chi connectivity index (χ2v) is 5.67. The molecule has 1 N–H and O–H groups in total. The second-order valence-electron chi connectivity index (χ2n) is 3.22. The highest BCUT2D eigenvalue weighted by molar-refractivity contribution is 9.08. The molecule has 1 aromatic carbocycles. The molecular formula is C9H13BrN2O2S. The average molecular weight is 293 g/mol. The van der Waals surface area contributed by atoms with E-state index in [4.69, 9.17) is 0 Å². The molecule has 6 heteroatoms. The minimum Gasteiger partial charge on any atom is -0.271 e. The summed E-state index contributed by atoms with van der Waals surface area (Å²) in [6.07, 6.45) is 0. The molecule has 0 aliphatic carbocycles. The zero-order chi connectivity index (χ0) is 11.5. The fraction of sp³-hybridized carbons (Fsp3) is 0.333. The lowest BCUT2D eigenvalue weighted by Crippen LogP contribution is -2.28. The molecule has 4 nitrogen and oxygen atoms in total. The Morgan fingerprint density at radius 1 is 1.40 bits per heavy atom. The standard InChI is InChI=1S/C9H13BrN2O2S/c1-12(2)15(13,14)11-9-5-3-4-8(6-9)7-10/h3-6,11H,7H2,1-2H3. The Morgan fingerprint density at radius 2 is 2.07 bits per heavy atom.